The number of hydrogen-bond donors (Lipinski definition) is 2. The van der Waals surface area contributed by atoms with Gasteiger partial charge >= 0.3 is 0 Å². The lowest BCUT2D eigenvalue weighted by Crippen LogP contribution is -2.36. The summed E-state index contributed by atoms with van der Waals surface area (Å²) < 4.78 is 6.41. The Labute approximate surface area is 176 Å². The number of nitrogens with zero attached hydrogens (tertiary/aromatic N) is 4. The molecular weight excluding hydrogens is 402 g/mol. The minimum Gasteiger partial charge on any atom is -0.396 e. The van der Waals surface area contributed by atoms with Crippen molar-refractivity contribution in [1.29, 1.82) is 0 Å². The molecule has 152 valence electrons. The number of likely N-dealkylation sites (N-methyl/N-ethyl adjacent to an activating group) is 1. The van der Waals surface area contributed by atoms with Crippen LogP contribution in [0.5, 0.6) is 0 Å². The highest BCUT2D eigenvalue weighted by Gasteiger charge is 2.47. The van der Waals surface area contributed by atoms with Gasteiger partial charge in [0.15, 0.2) is 11.4 Å². The van der Waals surface area contributed by atoms with E-state index in [0.717, 1.165) is 31.9 Å². The van der Waals surface area contributed by atoms with Gasteiger partial charge < -0.3 is 20.3 Å². The summed E-state index contributed by atoms with van der Waals surface area (Å²) in [6, 6.07) is 7.49. The maximum atomic E-state index is 12.3. The van der Waals surface area contributed by atoms with Gasteiger partial charge in [-0.05, 0) is 18.6 Å². The van der Waals surface area contributed by atoms with Crippen LogP contribution in [0.15, 0.2) is 41.2 Å². The lowest BCUT2D eigenvalue weighted by atomic mass is 9.97. The number of likely N-dealkylation sites (tertiary alicyclic amines) is 1. The van der Waals surface area contributed by atoms with Crippen molar-refractivity contribution in [3.8, 4) is 21.9 Å². The number of amides is 1. The van der Waals surface area contributed by atoms with Gasteiger partial charge in [-0.3, -0.25) is 9.78 Å². The molecule has 30 heavy (non-hydrogen) atoms. The van der Waals surface area contributed by atoms with E-state index in [-0.39, 0.29) is 18.0 Å². The van der Waals surface area contributed by atoms with Crippen LogP contribution in [0.3, 0.4) is 0 Å². The quantitative estimate of drug-likeness (QED) is 0.522. The minimum atomic E-state index is -1.64. The summed E-state index contributed by atoms with van der Waals surface area (Å²) in [6.45, 7) is 2.48. The van der Waals surface area contributed by atoms with Crippen LogP contribution in [-0.4, -0.2) is 44.6 Å². The number of aliphatic hydroxyl groups is 1. The molecule has 1 aliphatic rings. The van der Waals surface area contributed by atoms with Crippen LogP contribution >= 0.6 is 11.3 Å². The van der Waals surface area contributed by atoms with Crippen molar-refractivity contribution in [2.75, 3.05) is 19.3 Å². The molecule has 1 saturated heterocycles. The van der Waals surface area contributed by atoms with Gasteiger partial charge in [0.2, 0.25) is 0 Å². The first-order valence-electron chi connectivity index (χ1n) is 9.43. The average molecular weight is 421 g/mol. The second-order valence-corrected chi connectivity index (χ2v) is 8.57. The molecule has 0 unspecified atom stereocenters. The maximum Gasteiger partial charge on any atom is 0.260 e. The molecule has 1 fully saturated rings. The number of rotatable bonds is 3. The molecule has 1 amide bonds. The normalized spacial score (nSPS) is 19.2. The van der Waals surface area contributed by atoms with E-state index >= 15 is 0 Å². The molecule has 0 spiro atoms. The predicted octanol–water partition coefficient (Wildman–Crippen LogP) is 2.95. The van der Waals surface area contributed by atoms with Crippen LogP contribution in [-0.2, 0) is 10.4 Å². The highest BCUT2D eigenvalue weighted by Crippen LogP contribution is 2.37. The smallest absolute Gasteiger partial charge is 0.260 e. The van der Waals surface area contributed by atoms with Crippen molar-refractivity contribution in [3.05, 3.63) is 47.9 Å². The summed E-state index contributed by atoms with van der Waals surface area (Å²) in [7, 11) is 1.66. The fourth-order valence-corrected chi connectivity index (χ4v) is 4.74. The number of fused-ring (bicyclic) bond motifs is 1. The predicted molar refractivity (Wildman–Crippen MR) is 114 cm³/mol. The lowest BCUT2D eigenvalue weighted by molar-refractivity contribution is -0.143. The van der Waals surface area contributed by atoms with E-state index in [1.54, 1.807) is 25.5 Å². The van der Waals surface area contributed by atoms with Gasteiger partial charge in [0, 0.05) is 43.4 Å². The van der Waals surface area contributed by atoms with Gasteiger partial charge in [-0.25, -0.2) is 4.98 Å². The Hall–Kier alpha value is -3.30. The number of benzene rings is 1. The van der Waals surface area contributed by atoms with Crippen molar-refractivity contribution in [3.63, 3.8) is 0 Å². The van der Waals surface area contributed by atoms with Crippen LogP contribution in [0.25, 0.3) is 32.1 Å². The third-order valence-corrected chi connectivity index (χ3v) is 6.55. The number of thiazole rings is 1. The summed E-state index contributed by atoms with van der Waals surface area (Å²) in [4.78, 5) is 22.7. The van der Waals surface area contributed by atoms with Crippen molar-refractivity contribution in [2.24, 2.45) is 0 Å². The summed E-state index contributed by atoms with van der Waals surface area (Å²) in [5.74, 6) is 0.108. The molecule has 3 aromatic heterocycles. The molecule has 0 saturated carbocycles. The molecule has 3 N–H and O–H groups in total. The average Bonchev–Trinajstić information content (AvgIpc) is 3.45. The number of pyridine rings is 1. The standard InChI is InChI=1S/C21H19N5O3S/c1-11-3-4-12(7-13(11)19-24-18-14(22)9-23-10-16(18)30-19)15-8-17(25-29-15)21(28)5-6-26(2)20(21)27/h3-4,7-10,28H,5-6,22H2,1-2H3/t21-/m1/s1. The topological polar surface area (TPSA) is 118 Å². The largest absolute Gasteiger partial charge is 0.396 e. The van der Waals surface area contributed by atoms with E-state index in [1.165, 1.54) is 16.2 Å². The fraction of sp³-hybridized carbons (Fsp3) is 0.238. The monoisotopic (exact) mass is 421 g/mol. The highest BCUT2D eigenvalue weighted by molar-refractivity contribution is 7.21. The number of aryl methyl sites for hydroxylation is 1. The second kappa shape index (κ2) is 6.61. The van der Waals surface area contributed by atoms with Crippen LogP contribution in [0.4, 0.5) is 5.69 Å². The van der Waals surface area contributed by atoms with Crippen molar-refractivity contribution < 1.29 is 14.4 Å². The van der Waals surface area contributed by atoms with E-state index < -0.39 is 5.60 Å². The zero-order chi connectivity index (χ0) is 21.0. The van der Waals surface area contributed by atoms with Crippen LogP contribution < -0.4 is 5.73 Å². The van der Waals surface area contributed by atoms with Gasteiger partial charge in [-0.1, -0.05) is 17.3 Å². The molecule has 9 heteroatoms. The molecule has 4 heterocycles. The summed E-state index contributed by atoms with van der Waals surface area (Å²) in [6.07, 6.45) is 3.64. The van der Waals surface area contributed by atoms with E-state index in [0.29, 0.717) is 18.0 Å². The molecule has 1 atom stereocenters. The fourth-order valence-electron chi connectivity index (χ4n) is 3.69. The van der Waals surface area contributed by atoms with Gasteiger partial charge in [-0.15, -0.1) is 11.3 Å². The molecule has 0 radical (unpaired) electrons. The van der Waals surface area contributed by atoms with Crippen molar-refractivity contribution in [1.82, 2.24) is 20.0 Å². The second-order valence-electron chi connectivity index (χ2n) is 7.54. The number of anilines is 1. The molecule has 1 aromatic carbocycles. The molecule has 0 aliphatic carbocycles. The lowest BCUT2D eigenvalue weighted by Gasteiger charge is -2.16. The summed E-state index contributed by atoms with van der Waals surface area (Å²) in [5.41, 5.74) is 8.66. The van der Waals surface area contributed by atoms with Gasteiger partial charge in [0.05, 0.1) is 16.6 Å². The Morgan fingerprint density at radius 1 is 1.30 bits per heavy atom. The van der Waals surface area contributed by atoms with Crippen molar-refractivity contribution >= 4 is 33.1 Å². The third-order valence-electron chi connectivity index (χ3n) is 5.53. The van der Waals surface area contributed by atoms with Gasteiger partial charge in [0.25, 0.3) is 5.91 Å². The maximum absolute atomic E-state index is 12.3. The first kappa shape index (κ1) is 18.7. The van der Waals surface area contributed by atoms with Crippen LogP contribution in [0, 0.1) is 6.92 Å². The van der Waals surface area contributed by atoms with Gasteiger partial charge in [-0.2, -0.15) is 0 Å². The van der Waals surface area contributed by atoms with E-state index in [1.807, 2.05) is 25.1 Å². The van der Waals surface area contributed by atoms with Crippen LogP contribution in [0.2, 0.25) is 0 Å². The number of carbonyl (C=O) groups is 1. The summed E-state index contributed by atoms with van der Waals surface area (Å²) >= 11 is 1.52. The molecule has 0 bridgehead atoms. The zero-order valence-electron chi connectivity index (χ0n) is 16.4. The number of carbonyl (C=O) groups excluding carboxylic acids is 1. The minimum absolute atomic E-state index is 0.229. The first-order valence-corrected chi connectivity index (χ1v) is 10.2. The number of hydrogen-bond acceptors (Lipinski definition) is 8. The molecule has 1 aliphatic heterocycles. The Morgan fingerprint density at radius 3 is 2.87 bits per heavy atom. The SMILES string of the molecule is Cc1ccc(-c2cc([C@]3(O)CCN(C)C3=O)no2)cc1-c1nc2c(N)cncc2s1. The van der Waals surface area contributed by atoms with E-state index in [2.05, 4.69) is 10.1 Å². The Bertz CT molecular complexity index is 1300. The van der Waals surface area contributed by atoms with Crippen LogP contribution in [0.1, 0.15) is 17.7 Å². The highest BCUT2D eigenvalue weighted by atomic mass is 32.1. The third kappa shape index (κ3) is 2.78. The molecule has 5 rings (SSSR count). The number of nitrogen functional groups attached to an aromatic ring is 1. The van der Waals surface area contributed by atoms with Gasteiger partial charge in [0.1, 0.15) is 16.2 Å². The Kier molecular flexibility index (Phi) is 4.12. The number of nitrogens with two attached hydrogens (primary N) is 1. The van der Waals surface area contributed by atoms with E-state index in [9.17, 15) is 9.90 Å². The zero-order valence-corrected chi connectivity index (χ0v) is 17.2. The summed E-state index contributed by atoms with van der Waals surface area (Å²) in [5, 5.41) is 15.6. The van der Waals surface area contributed by atoms with E-state index in [4.69, 9.17) is 15.2 Å². The first-order chi connectivity index (χ1) is 14.4. The molecule has 4 aromatic rings. The molecular formula is C21H19N5O3S. The molecule has 8 nitrogen and oxygen atoms in total. The Morgan fingerprint density at radius 2 is 2.13 bits per heavy atom. The Balaban J connectivity index is 1.55. The van der Waals surface area contributed by atoms with Crippen molar-refractivity contribution in [2.45, 2.75) is 18.9 Å². The number of aromatic nitrogens is 3.